The van der Waals surface area contributed by atoms with E-state index in [1.807, 2.05) is 19.9 Å². The Hall–Kier alpha value is -1.16. The first-order valence-corrected chi connectivity index (χ1v) is 7.40. The van der Waals surface area contributed by atoms with Crippen LogP contribution < -0.4 is 11.1 Å². The molecular formula is C15H23N3S. The van der Waals surface area contributed by atoms with Gasteiger partial charge in [-0.2, -0.15) is 0 Å². The molecule has 0 aliphatic heterocycles. The highest BCUT2D eigenvalue weighted by atomic mass is 32.1. The quantitative estimate of drug-likeness (QED) is 0.783. The van der Waals surface area contributed by atoms with Crippen LogP contribution in [0.5, 0.6) is 0 Å². The Morgan fingerprint density at radius 2 is 2.16 bits per heavy atom. The number of nitrogens with zero attached hydrogens (tertiary/aromatic N) is 1. The van der Waals surface area contributed by atoms with Crippen molar-refractivity contribution in [2.45, 2.75) is 46.5 Å². The van der Waals surface area contributed by atoms with Crippen molar-refractivity contribution in [2.75, 3.05) is 11.9 Å². The standard InChI is InChI=1S/C15H23N3S/c1-4-5-15(6-7-15)9-17-12-8-10(2)18-11(3)13(12)14(16)19/h8H,4-7,9H2,1-3H3,(H2,16,19)(H,17,18). The monoisotopic (exact) mass is 277 g/mol. The summed E-state index contributed by atoms with van der Waals surface area (Å²) in [6.45, 7) is 7.23. The smallest absolute Gasteiger partial charge is 0.107 e. The van der Waals surface area contributed by atoms with Crippen LogP contribution in [0.25, 0.3) is 0 Å². The molecule has 4 heteroatoms. The van der Waals surface area contributed by atoms with E-state index in [2.05, 4.69) is 17.2 Å². The van der Waals surface area contributed by atoms with Crippen LogP contribution >= 0.6 is 12.2 Å². The van der Waals surface area contributed by atoms with Gasteiger partial charge >= 0.3 is 0 Å². The number of thiocarbonyl (C=S) groups is 1. The van der Waals surface area contributed by atoms with E-state index < -0.39 is 0 Å². The van der Waals surface area contributed by atoms with Gasteiger partial charge in [0, 0.05) is 23.6 Å². The Labute approximate surface area is 121 Å². The Morgan fingerprint density at radius 1 is 1.47 bits per heavy atom. The van der Waals surface area contributed by atoms with E-state index in [1.165, 1.54) is 25.7 Å². The summed E-state index contributed by atoms with van der Waals surface area (Å²) in [5, 5.41) is 3.56. The Morgan fingerprint density at radius 3 is 2.68 bits per heavy atom. The van der Waals surface area contributed by atoms with E-state index in [0.717, 1.165) is 29.2 Å². The molecule has 3 N–H and O–H groups in total. The summed E-state index contributed by atoms with van der Waals surface area (Å²) in [4.78, 5) is 4.87. The van der Waals surface area contributed by atoms with Gasteiger partial charge in [-0.1, -0.05) is 25.6 Å². The number of rotatable bonds is 6. The van der Waals surface area contributed by atoms with Gasteiger partial charge < -0.3 is 11.1 Å². The molecular weight excluding hydrogens is 254 g/mol. The molecule has 0 atom stereocenters. The van der Waals surface area contributed by atoms with Crippen molar-refractivity contribution in [3.05, 3.63) is 23.0 Å². The molecule has 1 fully saturated rings. The van der Waals surface area contributed by atoms with Gasteiger partial charge in [0.25, 0.3) is 0 Å². The van der Waals surface area contributed by atoms with Crippen LogP contribution in [0.2, 0.25) is 0 Å². The molecule has 0 saturated heterocycles. The Bertz CT molecular complexity index is 492. The van der Waals surface area contributed by atoms with Gasteiger partial charge in [0.15, 0.2) is 0 Å². The summed E-state index contributed by atoms with van der Waals surface area (Å²) in [6.07, 6.45) is 5.21. The van der Waals surface area contributed by atoms with Crippen molar-refractivity contribution < 1.29 is 0 Å². The molecule has 2 rings (SSSR count). The third-order valence-electron chi connectivity index (χ3n) is 3.97. The minimum absolute atomic E-state index is 0.424. The molecule has 1 aromatic heterocycles. The highest BCUT2D eigenvalue weighted by Crippen LogP contribution is 2.49. The maximum atomic E-state index is 5.83. The average Bonchev–Trinajstić information content (AvgIpc) is 3.06. The Kier molecular flexibility index (Phi) is 4.09. The first kappa shape index (κ1) is 14.3. The summed E-state index contributed by atoms with van der Waals surface area (Å²) >= 11 is 5.15. The zero-order chi connectivity index (χ0) is 14.0. The maximum Gasteiger partial charge on any atom is 0.107 e. The van der Waals surface area contributed by atoms with Crippen LogP contribution in [0, 0.1) is 19.3 Å². The number of nitrogens with two attached hydrogens (primary N) is 1. The molecule has 104 valence electrons. The molecule has 0 radical (unpaired) electrons. The second kappa shape index (κ2) is 5.45. The number of anilines is 1. The van der Waals surface area contributed by atoms with Gasteiger partial charge in [0.05, 0.1) is 5.56 Å². The highest BCUT2D eigenvalue weighted by molar-refractivity contribution is 7.80. The fraction of sp³-hybridized carbons (Fsp3) is 0.600. The molecule has 1 aromatic rings. The van der Waals surface area contributed by atoms with Crippen molar-refractivity contribution in [3.63, 3.8) is 0 Å². The maximum absolute atomic E-state index is 5.83. The summed E-state index contributed by atoms with van der Waals surface area (Å²) < 4.78 is 0. The predicted molar refractivity (Wildman–Crippen MR) is 84.7 cm³/mol. The average molecular weight is 277 g/mol. The summed E-state index contributed by atoms with van der Waals surface area (Å²) in [5.41, 5.74) is 10.2. The lowest BCUT2D eigenvalue weighted by atomic mass is 10.0. The number of pyridine rings is 1. The summed E-state index contributed by atoms with van der Waals surface area (Å²) in [5.74, 6) is 0. The van der Waals surface area contributed by atoms with Crippen LogP contribution in [0.1, 0.15) is 49.6 Å². The van der Waals surface area contributed by atoms with Gasteiger partial charge in [-0.15, -0.1) is 0 Å². The van der Waals surface area contributed by atoms with Gasteiger partial charge in [-0.25, -0.2) is 0 Å². The zero-order valence-corrected chi connectivity index (χ0v) is 12.9. The number of aromatic nitrogens is 1. The van der Waals surface area contributed by atoms with Crippen molar-refractivity contribution >= 4 is 22.9 Å². The normalized spacial score (nSPS) is 16.2. The fourth-order valence-electron chi connectivity index (χ4n) is 2.78. The van der Waals surface area contributed by atoms with E-state index in [4.69, 9.17) is 18.0 Å². The second-order valence-corrected chi connectivity index (χ2v) is 6.18. The molecule has 0 amide bonds. The van der Waals surface area contributed by atoms with E-state index in [0.29, 0.717) is 10.4 Å². The van der Waals surface area contributed by atoms with Crippen molar-refractivity contribution in [1.29, 1.82) is 0 Å². The topological polar surface area (TPSA) is 50.9 Å². The molecule has 0 aromatic carbocycles. The van der Waals surface area contributed by atoms with Gasteiger partial charge in [0.1, 0.15) is 4.99 Å². The van der Waals surface area contributed by atoms with Crippen LogP contribution in [0.3, 0.4) is 0 Å². The predicted octanol–water partition coefficient (Wildman–Crippen LogP) is 3.32. The number of hydrogen-bond acceptors (Lipinski definition) is 3. The third kappa shape index (κ3) is 3.24. The minimum atomic E-state index is 0.424. The molecule has 1 heterocycles. The lowest BCUT2D eigenvalue weighted by molar-refractivity contribution is 0.485. The number of nitrogens with one attached hydrogen (secondary N) is 1. The van der Waals surface area contributed by atoms with E-state index >= 15 is 0 Å². The van der Waals surface area contributed by atoms with Crippen molar-refractivity contribution in [2.24, 2.45) is 11.1 Å². The van der Waals surface area contributed by atoms with Gasteiger partial charge in [-0.3, -0.25) is 4.98 Å². The third-order valence-corrected chi connectivity index (χ3v) is 4.17. The molecule has 0 bridgehead atoms. The van der Waals surface area contributed by atoms with Crippen molar-refractivity contribution in [3.8, 4) is 0 Å². The molecule has 1 saturated carbocycles. The second-order valence-electron chi connectivity index (χ2n) is 5.74. The van der Waals surface area contributed by atoms with E-state index in [-0.39, 0.29) is 0 Å². The van der Waals surface area contributed by atoms with Gasteiger partial charge in [-0.05, 0) is 44.6 Å². The summed E-state index contributed by atoms with van der Waals surface area (Å²) in [6, 6.07) is 2.05. The molecule has 0 spiro atoms. The molecule has 3 nitrogen and oxygen atoms in total. The van der Waals surface area contributed by atoms with Crippen LogP contribution in [0.4, 0.5) is 5.69 Å². The molecule has 19 heavy (non-hydrogen) atoms. The SMILES string of the molecule is CCCC1(CNc2cc(C)nc(C)c2C(N)=S)CC1. The largest absolute Gasteiger partial charge is 0.389 e. The number of hydrogen-bond donors (Lipinski definition) is 2. The molecule has 1 aliphatic carbocycles. The highest BCUT2D eigenvalue weighted by Gasteiger charge is 2.41. The van der Waals surface area contributed by atoms with Crippen LogP contribution in [-0.2, 0) is 0 Å². The van der Waals surface area contributed by atoms with Crippen LogP contribution in [0.15, 0.2) is 6.07 Å². The lowest BCUT2D eigenvalue weighted by Gasteiger charge is -2.19. The molecule has 1 aliphatic rings. The van der Waals surface area contributed by atoms with E-state index in [9.17, 15) is 0 Å². The van der Waals surface area contributed by atoms with Crippen molar-refractivity contribution in [1.82, 2.24) is 4.98 Å². The first-order chi connectivity index (χ1) is 8.97. The van der Waals surface area contributed by atoms with Gasteiger partial charge in [0.2, 0.25) is 0 Å². The Balaban J connectivity index is 2.17. The summed E-state index contributed by atoms with van der Waals surface area (Å²) in [7, 11) is 0. The minimum Gasteiger partial charge on any atom is -0.389 e. The molecule has 0 unspecified atom stereocenters. The first-order valence-electron chi connectivity index (χ1n) is 6.99. The van der Waals surface area contributed by atoms with Crippen LogP contribution in [-0.4, -0.2) is 16.5 Å². The fourth-order valence-corrected chi connectivity index (χ4v) is 3.04. The lowest BCUT2D eigenvalue weighted by Crippen LogP contribution is -2.20. The zero-order valence-electron chi connectivity index (χ0n) is 12.0. The van der Waals surface area contributed by atoms with E-state index in [1.54, 1.807) is 0 Å². The number of aryl methyl sites for hydroxylation is 2.